The lowest BCUT2D eigenvalue weighted by atomic mass is 10.2. The van der Waals surface area contributed by atoms with Crippen LogP contribution in [0, 0.1) is 13.8 Å². The van der Waals surface area contributed by atoms with E-state index in [0.29, 0.717) is 26.2 Å². The van der Waals surface area contributed by atoms with Crippen LogP contribution in [0.4, 0.5) is 0 Å². The van der Waals surface area contributed by atoms with E-state index in [4.69, 9.17) is 4.74 Å². The second kappa shape index (κ2) is 9.09. The first-order chi connectivity index (χ1) is 10.9. The maximum Gasteiger partial charge on any atom is 0.246 e. The topological polar surface area (TPSA) is 76.5 Å². The minimum Gasteiger partial charge on any atom is -0.383 e. The number of aryl methyl sites for hydroxylation is 1. The molecule has 0 aliphatic heterocycles. The fourth-order valence-electron chi connectivity index (χ4n) is 2.28. The highest BCUT2D eigenvalue weighted by atomic mass is 16.5. The Hall–Kier alpha value is -2.15. The van der Waals surface area contributed by atoms with Gasteiger partial charge in [-0.2, -0.15) is 5.10 Å². The third-order valence-corrected chi connectivity index (χ3v) is 3.70. The molecule has 0 aliphatic rings. The number of rotatable bonds is 9. The van der Waals surface area contributed by atoms with Crippen molar-refractivity contribution in [2.45, 2.75) is 33.9 Å². The summed E-state index contributed by atoms with van der Waals surface area (Å²) < 4.78 is 6.94. The number of amides is 2. The van der Waals surface area contributed by atoms with E-state index >= 15 is 0 Å². The van der Waals surface area contributed by atoms with E-state index < -0.39 is 0 Å². The van der Waals surface area contributed by atoms with Crippen LogP contribution in [-0.4, -0.2) is 53.3 Å². The van der Waals surface area contributed by atoms with E-state index in [2.05, 4.69) is 17.0 Å². The molecule has 0 atom stereocenters. The molecule has 0 fully saturated rings. The van der Waals surface area contributed by atoms with Gasteiger partial charge < -0.3 is 15.0 Å². The van der Waals surface area contributed by atoms with Gasteiger partial charge in [-0.15, -0.1) is 0 Å². The van der Waals surface area contributed by atoms with E-state index in [-0.39, 0.29) is 18.4 Å². The lowest BCUT2D eigenvalue weighted by molar-refractivity contribution is -0.132. The zero-order valence-corrected chi connectivity index (χ0v) is 14.4. The molecule has 1 rings (SSSR count). The molecule has 1 aromatic heterocycles. The van der Waals surface area contributed by atoms with Gasteiger partial charge in [-0.1, -0.05) is 6.58 Å². The van der Waals surface area contributed by atoms with E-state index in [1.165, 1.54) is 11.0 Å². The van der Waals surface area contributed by atoms with Crippen molar-refractivity contribution in [1.82, 2.24) is 20.0 Å². The summed E-state index contributed by atoms with van der Waals surface area (Å²) in [5, 5.41) is 7.29. The number of carbonyl (C=O) groups excluding carboxylic acids is 2. The molecule has 0 aliphatic carbocycles. The molecule has 0 radical (unpaired) electrons. The summed E-state index contributed by atoms with van der Waals surface area (Å²) in [4.78, 5) is 25.0. The zero-order valence-electron chi connectivity index (χ0n) is 14.4. The van der Waals surface area contributed by atoms with E-state index in [1.807, 2.05) is 25.5 Å². The third kappa shape index (κ3) is 5.21. The van der Waals surface area contributed by atoms with Crippen LogP contribution in [0.1, 0.15) is 23.9 Å². The minimum absolute atomic E-state index is 0.0251. The largest absolute Gasteiger partial charge is 0.383 e. The predicted octanol–water partition coefficient (Wildman–Crippen LogP) is 0.797. The molecule has 7 heteroatoms. The Kier molecular flexibility index (Phi) is 7.47. The molecule has 1 heterocycles. The van der Waals surface area contributed by atoms with Crippen molar-refractivity contribution < 1.29 is 14.3 Å². The molecular formula is C16H26N4O3. The van der Waals surface area contributed by atoms with Gasteiger partial charge in [0.2, 0.25) is 11.8 Å². The highest BCUT2D eigenvalue weighted by Gasteiger charge is 2.15. The summed E-state index contributed by atoms with van der Waals surface area (Å²) in [5.41, 5.74) is 2.88. The summed E-state index contributed by atoms with van der Waals surface area (Å²) in [7, 11) is 1.65. The minimum atomic E-state index is -0.248. The summed E-state index contributed by atoms with van der Waals surface area (Å²) in [6.07, 6.45) is 1.21. The summed E-state index contributed by atoms with van der Waals surface area (Å²) >= 11 is 0. The first-order valence-corrected chi connectivity index (χ1v) is 7.64. The number of likely N-dealkylation sites (N-methyl/N-ethyl adjacent to an activating group) is 1. The van der Waals surface area contributed by atoms with Gasteiger partial charge >= 0.3 is 0 Å². The molecule has 0 bridgehead atoms. The Morgan fingerprint density at radius 2 is 2.13 bits per heavy atom. The second-order valence-electron chi connectivity index (χ2n) is 5.20. The fourth-order valence-corrected chi connectivity index (χ4v) is 2.28. The number of nitrogens with one attached hydrogen (secondary N) is 1. The quantitative estimate of drug-likeness (QED) is 0.682. The van der Waals surface area contributed by atoms with Crippen LogP contribution in [0.2, 0.25) is 0 Å². The summed E-state index contributed by atoms with van der Waals surface area (Å²) in [6, 6.07) is 0. The van der Waals surface area contributed by atoms with Crippen molar-refractivity contribution in [2.24, 2.45) is 0 Å². The van der Waals surface area contributed by atoms with Crippen molar-refractivity contribution in [3.05, 3.63) is 29.6 Å². The number of aromatic nitrogens is 2. The SMILES string of the molecule is C=CC(=O)N(CC)CC(=O)NCc1c(C)nn(CCOC)c1C. The van der Waals surface area contributed by atoms with Crippen molar-refractivity contribution in [1.29, 1.82) is 0 Å². The zero-order chi connectivity index (χ0) is 17.4. The third-order valence-electron chi connectivity index (χ3n) is 3.70. The molecule has 0 saturated carbocycles. The number of carbonyl (C=O) groups is 2. The molecule has 1 aromatic rings. The summed E-state index contributed by atoms with van der Waals surface area (Å²) in [5.74, 6) is -0.451. The van der Waals surface area contributed by atoms with Crippen molar-refractivity contribution in [3.63, 3.8) is 0 Å². The van der Waals surface area contributed by atoms with E-state index in [1.54, 1.807) is 7.11 Å². The van der Waals surface area contributed by atoms with Crippen molar-refractivity contribution in [3.8, 4) is 0 Å². The lowest BCUT2D eigenvalue weighted by Crippen LogP contribution is -2.39. The van der Waals surface area contributed by atoms with Gasteiger partial charge in [0.25, 0.3) is 0 Å². The highest BCUT2D eigenvalue weighted by molar-refractivity contribution is 5.90. The molecule has 7 nitrogen and oxygen atoms in total. The van der Waals surface area contributed by atoms with Gasteiger partial charge in [-0.25, -0.2) is 0 Å². The van der Waals surface area contributed by atoms with Gasteiger partial charge in [0.15, 0.2) is 0 Å². The van der Waals surface area contributed by atoms with Crippen molar-refractivity contribution in [2.75, 3.05) is 26.8 Å². The average molecular weight is 322 g/mol. The molecular weight excluding hydrogens is 296 g/mol. The number of hydrogen-bond donors (Lipinski definition) is 1. The van der Waals surface area contributed by atoms with Crippen LogP contribution in [0.15, 0.2) is 12.7 Å². The highest BCUT2D eigenvalue weighted by Crippen LogP contribution is 2.12. The Morgan fingerprint density at radius 1 is 1.43 bits per heavy atom. The molecule has 0 unspecified atom stereocenters. The van der Waals surface area contributed by atoms with Crippen LogP contribution in [0.3, 0.4) is 0 Å². The average Bonchev–Trinajstić information content (AvgIpc) is 2.81. The van der Waals surface area contributed by atoms with E-state index in [9.17, 15) is 9.59 Å². The van der Waals surface area contributed by atoms with Gasteiger partial charge in [-0.05, 0) is 26.8 Å². The predicted molar refractivity (Wildman–Crippen MR) is 87.9 cm³/mol. The van der Waals surface area contributed by atoms with Crippen LogP contribution in [-0.2, 0) is 27.4 Å². The molecule has 23 heavy (non-hydrogen) atoms. The monoisotopic (exact) mass is 322 g/mol. The number of nitrogens with zero attached hydrogens (tertiary/aromatic N) is 3. The van der Waals surface area contributed by atoms with Crippen LogP contribution in [0.25, 0.3) is 0 Å². The smallest absolute Gasteiger partial charge is 0.246 e. The Morgan fingerprint density at radius 3 is 2.70 bits per heavy atom. The molecule has 0 aromatic carbocycles. The second-order valence-corrected chi connectivity index (χ2v) is 5.20. The Labute approximate surface area is 137 Å². The molecule has 1 N–H and O–H groups in total. The Bertz CT molecular complexity index is 566. The van der Waals surface area contributed by atoms with Gasteiger partial charge in [0, 0.05) is 31.5 Å². The standard InChI is InChI=1S/C16H26N4O3/c1-6-16(22)19(7-2)11-15(21)17-10-14-12(3)18-20(13(14)4)8-9-23-5/h6H,1,7-11H2,2-5H3,(H,17,21). The maximum atomic E-state index is 12.0. The fraction of sp³-hybridized carbons (Fsp3) is 0.562. The lowest BCUT2D eigenvalue weighted by Gasteiger charge is -2.18. The first-order valence-electron chi connectivity index (χ1n) is 7.64. The van der Waals surface area contributed by atoms with Gasteiger partial charge in [0.1, 0.15) is 0 Å². The Balaban J connectivity index is 2.64. The van der Waals surface area contributed by atoms with Crippen LogP contribution in [0.5, 0.6) is 0 Å². The maximum absolute atomic E-state index is 12.0. The van der Waals surface area contributed by atoms with Crippen LogP contribution < -0.4 is 5.32 Å². The molecule has 128 valence electrons. The first kappa shape index (κ1) is 18.9. The van der Waals surface area contributed by atoms with E-state index in [0.717, 1.165) is 17.0 Å². The number of methoxy groups -OCH3 is 1. The molecule has 0 spiro atoms. The normalized spacial score (nSPS) is 10.4. The van der Waals surface area contributed by atoms with Gasteiger partial charge in [0.05, 0.1) is 25.4 Å². The number of ether oxygens (including phenoxy) is 1. The number of hydrogen-bond acceptors (Lipinski definition) is 4. The van der Waals surface area contributed by atoms with Crippen LogP contribution >= 0.6 is 0 Å². The molecule has 2 amide bonds. The summed E-state index contributed by atoms with van der Waals surface area (Å²) in [6.45, 7) is 11.3. The van der Waals surface area contributed by atoms with Crippen molar-refractivity contribution >= 4 is 11.8 Å². The molecule has 0 saturated heterocycles. The van der Waals surface area contributed by atoms with Gasteiger partial charge in [-0.3, -0.25) is 14.3 Å².